The van der Waals surface area contributed by atoms with Gasteiger partial charge in [-0.05, 0) is 24.5 Å². The number of sulfonamides is 1. The van der Waals surface area contributed by atoms with Gasteiger partial charge in [-0.1, -0.05) is 30.3 Å². The Morgan fingerprint density at radius 2 is 1.78 bits per heavy atom. The summed E-state index contributed by atoms with van der Waals surface area (Å²) in [7, 11) is -3.43. The summed E-state index contributed by atoms with van der Waals surface area (Å²) in [5, 5.41) is 2.87. The monoisotopic (exact) mass is 400 g/mol. The van der Waals surface area contributed by atoms with E-state index in [0.29, 0.717) is 25.9 Å². The normalized spacial score (nSPS) is 17.0. The maximum Gasteiger partial charge on any atom is 0.433 e. The van der Waals surface area contributed by atoms with Crippen molar-refractivity contribution in [3.8, 4) is 0 Å². The molecule has 0 bridgehead atoms. The summed E-state index contributed by atoms with van der Waals surface area (Å²) in [6, 6.07) is 9.55. The zero-order valence-corrected chi connectivity index (χ0v) is 15.2. The van der Waals surface area contributed by atoms with Gasteiger partial charge in [0.05, 0.1) is 5.75 Å². The molecule has 2 aromatic rings. The lowest BCUT2D eigenvalue weighted by atomic mass is 10.1. The van der Waals surface area contributed by atoms with Gasteiger partial charge in [0.1, 0.15) is 5.69 Å². The third kappa shape index (κ3) is 5.16. The lowest BCUT2D eigenvalue weighted by Gasteiger charge is -2.31. The maximum atomic E-state index is 12.7. The van der Waals surface area contributed by atoms with Crippen LogP contribution in [0.1, 0.15) is 24.1 Å². The summed E-state index contributed by atoms with van der Waals surface area (Å²) in [5.74, 6) is -0.168. The van der Waals surface area contributed by atoms with E-state index in [1.807, 2.05) is 6.07 Å². The van der Waals surface area contributed by atoms with Crippen LogP contribution in [0.25, 0.3) is 0 Å². The molecule has 1 N–H and O–H groups in total. The number of alkyl halides is 3. The van der Waals surface area contributed by atoms with Crippen molar-refractivity contribution >= 4 is 16.0 Å². The number of benzene rings is 1. The molecule has 1 aromatic heterocycles. The number of aromatic nitrogens is 2. The van der Waals surface area contributed by atoms with E-state index in [0.717, 1.165) is 17.8 Å². The van der Waals surface area contributed by atoms with Crippen LogP contribution < -0.4 is 5.32 Å². The van der Waals surface area contributed by atoms with Gasteiger partial charge in [-0.3, -0.25) is 0 Å². The molecule has 0 amide bonds. The number of hydrogen-bond acceptors (Lipinski definition) is 5. The van der Waals surface area contributed by atoms with Crippen LogP contribution in [0, 0.1) is 0 Å². The number of piperidine rings is 1. The predicted molar refractivity (Wildman–Crippen MR) is 94.3 cm³/mol. The fraction of sp³-hybridized carbons (Fsp3) is 0.412. The third-order valence-electron chi connectivity index (χ3n) is 4.32. The third-order valence-corrected chi connectivity index (χ3v) is 6.17. The number of nitrogens with one attached hydrogen (secondary N) is 1. The zero-order chi connectivity index (χ0) is 19.5. The van der Waals surface area contributed by atoms with E-state index < -0.39 is 21.9 Å². The molecular weight excluding hydrogens is 381 g/mol. The van der Waals surface area contributed by atoms with Crippen LogP contribution in [0.4, 0.5) is 19.1 Å². The molecular formula is C17H19F3N4O2S. The molecule has 27 heavy (non-hydrogen) atoms. The van der Waals surface area contributed by atoms with E-state index >= 15 is 0 Å². The minimum absolute atomic E-state index is 0.0668. The highest BCUT2D eigenvalue weighted by Gasteiger charge is 2.33. The van der Waals surface area contributed by atoms with Gasteiger partial charge >= 0.3 is 6.18 Å². The molecule has 2 heterocycles. The Morgan fingerprint density at radius 3 is 2.41 bits per heavy atom. The minimum Gasteiger partial charge on any atom is -0.351 e. The molecule has 1 saturated heterocycles. The maximum absolute atomic E-state index is 12.7. The van der Waals surface area contributed by atoms with Crippen LogP contribution in [0.15, 0.2) is 42.6 Å². The van der Waals surface area contributed by atoms with Crippen molar-refractivity contribution in [1.82, 2.24) is 14.3 Å². The highest BCUT2D eigenvalue weighted by molar-refractivity contribution is 7.88. The Hall–Kier alpha value is -2.20. The van der Waals surface area contributed by atoms with Gasteiger partial charge in [-0.2, -0.15) is 13.2 Å². The molecule has 0 spiro atoms. The van der Waals surface area contributed by atoms with Gasteiger partial charge in [-0.15, -0.1) is 0 Å². The van der Waals surface area contributed by atoms with Crippen LogP contribution in [-0.4, -0.2) is 41.8 Å². The van der Waals surface area contributed by atoms with Gasteiger partial charge in [0.15, 0.2) is 0 Å². The van der Waals surface area contributed by atoms with Gasteiger partial charge in [0.25, 0.3) is 0 Å². The van der Waals surface area contributed by atoms with Gasteiger partial charge < -0.3 is 5.32 Å². The first-order valence-electron chi connectivity index (χ1n) is 8.42. The number of nitrogens with zero attached hydrogens (tertiary/aromatic N) is 3. The summed E-state index contributed by atoms with van der Waals surface area (Å²) >= 11 is 0. The molecule has 1 aliphatic heterocycles. The first-order valence-corrected chi connectivity index (χ1v) is 10.0. The van der Waals surface area contributed by atoms with Gasteiger partial charge in [0, 0.05) is 25.3 Å². The molecule has 3 rings (SSSR count). The summed E-state index contributed by atoms with van der Waals surface area (Å²) in [6.07, 6.45) is -2.55. The molecule has 10 heteroatoms. The SMILES string of the molecule is O=S(=O)(Cc1ccccc1)N1CCC(Nc2nccc(C(F)(F)F)n2)CC1. The highest BCUT2D eigenvalue weighted by Crippen LogP contribution is 2.28. The Kier molecular flexibility index (Phi) is 5.66. The molecule has 0 radical (unpaired) electrons. The average Bonchev–Trinajstić information content (AvgIpc) is 2.62. The Bertz CT molecular complexity index is 867. The minimum atomic E-state index is -4.53. The quantitative estimate of drug-likeness (QED) is 0.835. The standard InChI is InChI=1S/C17H19F3N4O2S/c18-17(19,20)15-6-9-21-16(23-15)22-14-7-10-24(11-8-14)27(25,26)12-13-4-2-1-3-5-13/h1-6,9,14H,7-8,10-12H2,(H,21,22,23). The first kappa shape index (κ1) is 19.6. The van der Waals surface area contributed by atoms with Crippen molar-refractivity contribution in [2.24, 2.45) is 0 Å². The zero-order valence-electron chi connectivity index (χ0n) is 14.4. The lowest BCUT2D eigenvalue weighted by molar-refractivity contribution is -0.141. The smallest absolute Gasteiger partial charge is 0.351 e. The van der Waals surface area contributed by atoms with Crippen LogP contribution >= 0.6 is 0 Å². The van der Waals surface area contributed by atoms with E-state index in [1.165, 1.54) is 4.31 Å². The van der Waals surface area contributed by atoms with E-state index in [-0.39, 0.29) is 17.7 Å². The summed E-state index contributed by atoms with van der Waals surface area (Å²) in [6.45, 7) is 0.595. The van der Waals surface area contributed by atoms with Crippen LogP contribution in [-0.2, 0) is 22.0 Å². The molecule has 6 nitrogen and oxygen atoms in total. The first-order chi connectivity index (χ1) is 12.7. The number of halogens is 3. The van der Waals surface area contributed by atoms with E-state index in [4.69, 9.17) is 0 Å². The Labute approximate surface area is 155 Å². The van der Waals surface area contributed by atoms with Gasteiger partial charge in [0.2, 0.25) is 16.0 Å². The Morgan fingerprint density at radius 1 is 1.11 bits per heavy atom. The molecule has 1 aliphatic rings. The fourth-order valence-electron chi connectivity index (χ4n) is 2.92. The van der Waals surface area contributed by atoms with Crippen molar-refractivity contribution in [2.45, 2.75) is 30.8 Å². The molecule has 1 aromatic carbocycles. The van der Waals surface area contributed by atoms with Crippen LogP contribution in [0.2, 0.25) is 0 Å². The molecule has 0 aliphatic carbocycles. The Balaban J connectivity index is 1.57. The predicted octanol–water partition coefficient (Wildman–Crippen LogP) is 2.90. The molecule has 0 atom stereocenters. The fourth-order valence-corrected chi connectivity index (χ4v) is 4.49. The molecule has 0 saturated carbocycles. The molecule has 146 valence electrons. The van der Waals surface area contributed by atoms with Crippen molar-refractivity contribution < 1.29 is 21.6 Å². The second-order valence-corrected chi connectivity index (χ2v) is 8.29. The molecule has 1 fully saturated rings. The van der Waals surface area contributed by atoms with Crippen LogP contribution in [0.3, 0.4) is 0 Å². The molecule has 0 unspecified atom stereocenters. The van der Waals surface area contributed by atoms with E-state index in [2.05, 4.69) is 15.3 Å². The van der Waals surface area contributed by atoms with Crippen molar-refractivity contribution in [3.05, 3.63) is 53.9 Å². The van der Waals surface area contributed by atoms with E-state index in [9.17, 15) is 21.6 Å². The number of anilines is 1. The second kappa shape index (κ2) is 7.81. The number of rotatable bonds is 5. The van der Waals surface area contributed by atoms with Gasteiger partial charge in [-0.25, -0.2) is 22.7 Å². The summed E-state index contributed by atoms with van der Waals surface area (Å²) in [4.78, 5) is 7.30. The highest BCUT2D eigenvalue weighted by atomic mass is 32.2. The van der Waals surface area contributed by atoms with Crippen molar-refractivity contribution in [1.29, 1.82) is 0 Å². The number of hydrogen-bond donors (Lipinski definition) is 1. The topological polar surface area (TPSA) is 75.2 Å². The lowest BCUT2D eigenvalue weighted by Crippen LogP contribution is -2.43. The largest absolute Gasteiger partial charge is 0.433 e. The summed E-state index contributed by atoms with van der Waals surface area (Å²) in [5.41, 5.74) is -0.294. The summed E-state index contributed by atoms with van der Waals surface area (Å²) < 4.78 is 64.6. The van der Waals surface area contributed by atoms with Crippen LogP contribution in [0.5, 0.6) is 0 Å². The second-order valence-electron chi connectivity index (χ2n) is 6.32. The van der Waals surface area contributed by atoms with Crippen molar-refractivity contribution in [3.63, 3.8) is 0 Å². The van der Waals surface area contributed by atoms with Crippen molar-refractivity contribution in [2.75, 3.05) is 18.4 Å². The van der Waals surface area contributed by atoms with E-state index in [1.54, 1.807) is 24.3 Å². The average molecular weight is 400 g/mol.